The second-order valence-corrected chi connectivity index (χ2v) is 9.31. The van der Waals surface area contributed by atoms with Crippen molar-refractivity contribution in [1.29, 1.82) is 0 Å². The predicted molar refractivity (Wildman–Crippen MR) is 154 cm³/mol. The van der Waals surface area contributed by atoms with Crippen LogP contribution in [0.4, 0.5) is 28.7 Å². The number of benzene rings is 2. The van der Waals surface area contributed by atoms with Gasteiger partial charge in [0.2, 0.25) is 5.91 Å². The highest BCUT2D eigenvalue weighted by Gasteiger charge is 2.06. The highest BCUT2D eigenvalue weighted by molar-refractivity contribution is 6.31. The maximum Gasteiger partial charge on any atom is 0.248 e. The summed E-state index contributed by atoms with van der Waals surface area (Å²) in [5, 5.41) is 10.1. The highest BCUT2D eigenvalue weighted by atomic mass is 35.5. The van der Waals surface area contributed by atoms with Crippen LogP contribution in [0.2, 0.25) is 5.02 Å². The van der Waals surface area contributed by atoms with Gasteiger partial charge in [-0.3, -0.25) is 9.78 Å². The standard InChI is InChI=1S/C29H30ClN7O/c1-37(2)16-6-10-29(38)36-24-9-5-8-23(17-24)34-27-19-28(33-20-32-27)35-25-14-12-21(26(30)18-25)11-13-22-7-3-4-15-31-22/h3-10,12,14-15,17-20H,11,13,16H2,1-2H3,(H,36,38)(H2,32,33,34,35)/b10-6+. The average Bonchev–Trinajstić information content (AvgIpc) is 2.89. The molecule has 2 aromatic carbocycles. The van der Waals surface area contributed by atoms with E-state index < -0.39 is 0 Å². The maximum atomic E-state index is 12.2. The van der Waals surface area contributed by atoms with Crippen LogP contribution in [0.1, 0.15) is 11.3 Å². The Balaban J connectivity index is 1.36. The zero-order valence-corrected chi connectivity index (χ0v) is 22.1. The third kappa shape index (κ3) is 8.40. The van der Waals surface area contributed by atoms with Gasteiger partial charge in [-0.1, -0.05) is 35.9 Å². The number of hydrogen-bond acceptors (Lipinski definition) is 7. The number of aryl methyl sites for hydroxylation is 2. The highest BCUT2D eigenvalue weighted by Crippen LogP contribution is 2.26. The molecule has 0 saturated heterocycles. The van der Waals surface area contributed by atoms with Crippen LogP contribution in [0.3, 0.4) is 0 Å². The van der Waals surface area contributed by atoms with E-state index in [1.165, 1.54) is 12.4 Å². The fourth-order valence-electron chi connectivity index (χ4n) is 3.66. The lowest BCUT2D eigenvalue weighted by Gasteiger charge is -2.11. The molecule has 0 bridgehead atoms. The number of pyridine rings is 1. The van der Waals surface area contributed by atoms with Gasteiger partial charge in [0, 0.05) is 52.7 Å². The minimum atomic E-state index is -0.182. The molecular weight excluding hydrogens is 498 g/mol. The molecule has 0 radical (unpaired) electrons. The van der Waals surface area contributed by atoms with Gasteiger partial charge in [-0.15, -0.1) is 0 Å². The van der Waals surface area contributed by atoms with E-state index >= 15 is 0 Å². The first-order valence-corrected chi connectivity index (χ1v) is 12.6. The molecule has 38 heavy (non-hydrogen) atoms. The van der Waals surface area contributed by atoms with E-state index in [1.807, 2.05) is 85.7 Å². The maximum absolute atomic E-state index is 12.2. The Hall–Kier alpha value is -4.27. The number of halogens is 1. The van der Waals surface area contributed by atoms with Crippen molar-refractivity contribution in [1.82, 2.24) is 19.9 Å². The molecular formula is C29H30ClN7O. The average molecular weight is 528 g/mol. The number of anilines is 5. The predicted octanol–water partition coefficient (Wildman–Crippen LogP) is 5.85. The number of hydrogen-bond donors (Lipinski definition) is 3. The Bertz CT molecular complexity index is 1390. The molecule has 0 unspecified atom stereocenters. The molecule has 1 amide bonds. The van der Waals surface area contributed by atoms with Gasteiger partial charge in [-0.25, -0.2) is 9.97 Å². The van der Waals surface area contributed by atoms with Crippen molar-refractivity contribution in [3.05, 3.63) is 108 Å². The molecule has 0 saturated carbocycles. The lowest BCUT2D eigenvalue weighted by molar-refractivity contribution is -0.111. The second kappa shape index (κ2) is 13.3. The van der Waals surface area contributed by atoms with Crippen LogP contribution in [-0.4, -0.2) is 46.4 Å². The largest absolute Gasteiger partial charge is 0.340 e. The van der Waals surface area contributed by atoms with Crippen LogP contribution in [0.25, 0.3) is 0 Å². The summed E-state index contributed by atoms with van der Waals surface area (Å²) in [6, 6.07) is 21.0. The Labute approximate surface area is 227 Å². The zero-order chi connectivity index (χ0) is 26.7. The monoisotopic (exact) mass is 527 g/mol. The van der Waals surface area contributed by atoms with E-state index in [0.717, 1.165) is 35.5 Å². The van der Waals surface area contributed by atoms with Gasteiger partial charge in [-0.2, -0.15) is 0 Å². The SMILES string of the molecule is CN(C)C/C=C/C(=O)Nc1cccc(Nc2cc(Nc3ccc(CCc4ccccn4)c(Cl)c3)ncn2)c1. The molecule has 0 spiro atoms. The summed E-state index contributed by atoms with van der Waals surface area (Å²) >= 11 is 6.55. The van der Waals surface area contributed by atoms with E-state index in [-0.39, 0.29) is 5.91 Å². The lowest BCUT2D eigenvalue weighted by Crippen LogP contribution is -2.12. The molecule has 9 heteroatoms. The minimum absolute atomic E-state index is 0.182. The van der Waals surface area contributed by atoms with Gasteiger partial charge in [0.15, 0.2) is 0 Å². The molecule has 2 heterocycles. The molecule has 0 aliphatic carbocycles. The number of aromatic nitrogens is 3. The Morgan fingerprint density at radius 1 is 0.868 bits per heavy atom. The van der Waals surface area contributed by atoms with Crippen molar-refractivity contribution in [2.75, 3.05) is 36.6 Å². The molecule has 4 aromatic rings. The van der Waals surface area contributed by atoms with Gasteiger partial charge in [0.1, 0.15) is 18.0 Å². The first kappa shape index (κ1) is 26.8. The summed E-state index contributed by atoms with van der Waals surface area (Å²) in [6.45, 7) is 0.696. The van der Waals surface area contributed by atoms with Crippen molar-refractivity contribution in [2.24, 2.45) is 0 Å². The number of carbonyl (C=O) groups excluding carboxylic acids is 1. The molecule has 8 nitrogen and oxygen atoms in total. The topological polar surface area (TPSA) is 95.1 Å². The van der Waals surface area contributed by atoms with E-state index in [2.05, 4.69) is 30.9 Å². The fraction of sp³-hybridized carbons (Fsp3) is 0.172. The van der Waals surface area contributed by atoms with Gasteiger partial charge >= 0.3 is 0 Å². The third-order valence-corrected chi connectivity index (χ3v) is 5.86. The third-order valence-electron chi connectivity index (χ3n) is 5.51. The van der Waals surface area contributed by atoms with Crippen LogP contribution in [0.15, 0.2) is 91.4 Å². The molecule has 0 aliphatic heterocycles. The van der Waals surface area contributed by atoms with E-state index in [1.54, 1.807) is 12.3 Å². The molecule has 2 aromatic heterocycles. The first-order chi connectivity index (χ1) is 18.4. The van der Waals surface area contributed by atoms with Gasteiger partial charge in [-0.05, 0) is 75.0 Å². The van der Waals surface area contributed by atoms with Gasteiger partial charge in [0.25, 0.3) is 0 Å². The van der Waals surface area contributed by atoms with E-state index in [9.17, 15) is 4.79 Å². The van der Waals surface area contributed by atoms with Crippen molar-refractivity contribution in [3.63, 3.8) is 0 Å². The molecule has 0 fully saturated rings. The van der Waals surface area contributed by atoms with E-state index in [4.69, 9.17) is 11.6 Å². The minimum Gasteiger partial charge on any atom is -0.340 e. The summed E-state index contributed by atoms with van der Waals surface area (Å²) in [4.78, 5) is 27.1. The summed E-state index contributed by atoms with van der Waals surface area (Å²) in [6.07, 6.45) is 8.26. The Kier molecular flexibility index (Phi) is 9.39. The normalized spacial score (nSPS) is 11.1. The second-order valence-electron chi connectivity index (χ2n) is 8.90. The number of likely N-dealkylation sites (N-methyl/N-ethyl adjacent to an activating group) is 1. The lowest BCUT2D eigenvalue weighted by atomic mass is 10.1. The van der Waals surface area contributed by atoms with Crippen LogP contribution >= 0.6 is 11.6 Å². The number of nitrogens with zero attached hydrogens (tertiary/aromatic N) is 4. The molecule has 194 valence electrons. The fourth-order valence-corrected chi connectivity index (χ4v) is 3.93. The van der Waals surface area contributed by atoms with E-state index in [0.29, 0.717) is 28.9 Å². The van der Waals surface area contributed by atoms with Crippen molar-refractivity contribution in [3.8, 4) is 0 Å². The molecule has 3 N–H and O–H groups in total. The molecule has 0 aliphatic rings. The van der Waals surface area contributed by atoms with Crippen LogP contribution in [0.5, 0.6) is 0 Å². The summed E-state index contributed by atoms with van der Waals surface area (Å²) in [5.41, 5.74) is 4.39. The first-order valence-electron chi connectivity index (χ1n) is 12.2. The van der Waals surface area contributed by atoms with Crippen molar-refractivity contribution >= 4 is 46.2 Å². The number of nitrogens with one attached hydrogen (secondary N) is 3. The van der Waals surface area contributed by atoms with Crippen LogP contribution < -0.4 is 16.0 Å². The van der Waals surface area contributed by atoms with Crippen molar-refractivity contribution < 1.29 is 4.79 Å². The van der Waals surface area contributed by atoms with Crippen LogP contribution in [0, 0.1) is 0 Å². The smallest absolute Gasteiger partial charge is 0.248 e. The van der Waals surface area contributed by atoms with Crippen LogP contribution in [-0.2, 0) is 17.6 Å². The van der Waals surface area contributed by atoms with Gasteiger partial charge < -0.3 is 20.9 Å². The number of rotatable bonds is 11. The molecule has 4 rings (SSSR count). The number of carbonyl (C=O) groups is 1. The summed E-state index contributed by atoms with van der Waals surface area (Å²) in [7, 11) is 3.89. The Morgan fingerprint density at radius 3 is 2.34 bits per heavy atom. The summed E-state index contributed by atoms with van der Waals surface area (Å²) < 4.78 is 0. The number of amides is 1. The summed E-state index contributed by atoms with van der Waals surface area (Å²) in [5.74, 6) is 1.05. The molecule has 0 atom stereocenters. The van der Waals surface area contributed by atoms with Gasteiger partial charge in [0.05, 0.1) is 0 Å². The zero-order valence-electron chi connectivity index (χ0n) is 21.4. The quantitative estimate of drug-likeness (QED) is 0.210. The Morgan fingerprint density at radius 2 is 1.63 bits per heavy atom. The van der Waals surface area contributed by atoms with Crippen molar-refractivity contribution in [2.45, 2.75) is 12.8 Å².